The lowest BCUT2D eigenvalue weighted by Gasteiger charge is -2.21. The van der Waals surface area contributed by atoms with Gasteiger partial charge in [0, 0.05) is 5.41 Å². The summed E-state index contributed by atoms with van der Waals surface area (Å²) in [5.74, 6) is 0.613. The molecule has 140 valence electrons. The number of cyclic esters (lactones) is 1. The normalized spacial score (nSPS) is 27.5. The second kappa shape index (κ2) is 7.58. The number of benzene rings is 1. The zero-order valence-electron chi connectivity index (χ0n) is 16.2. The van der Waals surface area contributed by atoms with E-state index < -0.39 is 0 Å². The van der Waals surface area contributed by atoms with Gasteiger partial charge in [-0.15, -0.1) is 0 Å². The van der Waals surface area contributed by atoms with Crippen LogP contribution in [0.3, 0.4) is 0 Å². The summed E-state index contributed by atoms with van der Waals surface area (Å²) in [5.41, 5.74) is 6.24. The lowest BCUT2D eigenvalue weighted by Crippen LogP contribution is -2.16. The molecule has 1 saturated heterocycles. The van der Waals surface area contributed by atoms with Crippen molar-refractivity contribution in [1.29, 1.82) is 0 Å². The van der Waals surface area contributed by atoms with Gasteiger partial charge in [-0.05, 0) is 67.6 Å². The number of rotatable bonds is 6. The number of carbonyl (C=O) groups is 1. The number of hydrogen-bond acceptors (Lipinski definition) is 2. The van der Waals surface area contributed by atoms with Crippen molar-refractivity contribution in [1.82, 2.24) is 0 Å². The SMILES string of the molecule is CCCCCCC1=Cc2ccc([C@H]3CC[C@]4(COC(=O)C4)C3)cc2CC1. The summed E-state index contributed by atoms with van der Waals surface area (Å²) in [6, 6.07) is 7.15. The van der Waals surface area contributed by atoms with Gasteiger partial charge in [0.25, 0.3) is 0 Å². The summed E-state index contributed by atoms with van der Waals surface area (Å²) in [4.78, 5) is 11.6. The smallest absolute Gasteiger partial charge is 0.306 e. The zero-order valence-corrected chi connectivity index (χ0v) is 16.2. The predicted octanol–water partition coefficient (Wildman–Crippen LogP) is 6.19. The van der Waals surface area contributed by atoms with Crippen molar-refractivity contribution >= 4 is 12.0 Å². The van der Waals surface area contributed by atoms with E-state index in [4.69, 9.17) is 4.74 Å². The molecule has 2 nitrogen and oxygen atoms in total. The van der Waals surface area contributed by atoms with E-state index in [0.717, 1.165) is 12.8 Å². The number of allylic oxidation sites excluding steroid dienone is 1. The number of esters is 1. The number of fused-ring (bicyclic) bond motifs is 1. The molecule has 1 saturated carbocycles. The molecule has 2 heteroatoms. The Balaban J connectivity index is 1.41. The summed E-state index contributed by atoms with van der Waals surface area (Å²) >= 11 is 0. The minimum Gasteiger partial charge on any atom is -0.465 e. The van der Waals surface area contributed by atoms with Crippen LogP contribution in [0, 0.1) is 5.41 Å². The molecule has 0 N–H and O–H groups in total. The van der Waals surface area contributed by atoms with Crippen molar-refractivity contribution in [3.63, 3.8) is 0 Å². The predicted molar refractivity (Wildman–Crippen MR) is 106 cm³/mol. The van der Waals surface area contributed by atoms with Gasteiger partial charge in [-0.25, -0.2) is 0 Å². The lowest BCUT2D eigenvalue weighted by molar-refractivity contribution is -0.137. The van der Waals surface area contributed by atoms with Crippen molar-refractivity contribution in [2.24, 2.45) is 5.41 Å². The van der Waals surface area contributed by atoms with Gasteiger partial charge in [-0.1, -0.05) is 56.0 Å². The maximum absolute atomic E-state index is 11.6. The monoisotopic (exact) mass is 352 g/mol. The van der Waals surface area contributed by atoms with E-state index in [9.17, 15) is 4.79 Å². The molecule has 0 aromatic heterocycles. The minimum atomic E-state index is 0.00712. The summed E-state index contributed by atoms with van der Waals surface area (Å²) < 4.78 is 5.28. The van der Waals surface area contributed by atoms with Crippen molar-refractivity contribution in [2.45, 2.75) is 83.5 Å². The Bertz CT molecular complexity index is 702. The van der Waals surface area contributed by atoms with Crippen LogP contribution in [0.25, 0.3) is 6.08 Å². The average molecular weight is 353 g/mol. The van der Waals surface area contributed by atoms with E-state index in [0.29, 0.717) is 18.9 Å². The van der Waals surface area contributed by atoms with Crippen molar-refractivity contribution in [2.75, 3.05) is 6.61 Å². The molecule has 1 aromatic rings. The van der Waals surface area contributed by atoms with Gasteiger partial charge >= 0.3 is 5.97 Å². The van der Waals surface area contributed by atoms with Crippen LogP contribution in [0.15, 0.2) is 23.8 Å². The highest BCUT2D eigenvalue weighted by Gasteiger charge is 2.46. The first kappa shape index (κ1) is 17.8. The molecule has 1 aromatic carbocycles. The fraction of sp³-hybridized carbons (Fsp3) is 0.625. The van der Waals surface area contributed by atoms with Gasteiger partial charge in [-0.3, -0.25) is 4.79 Å². The molecule has 0 amide bonds. The highest BCUT2D eigenvalue weighted by molar-refractivity contribution is 5.72. The Morgan fingerprint density at radius 1 is 1.19 bits per heavy atom. The maximum atomic E-state index is 11.6. The van der Waals surface area contributed by atoms with Crippen LogP contribution in [0.2, 0.25) is 0 Å². The van der Waals surface area contributed by atoms with Crippen LogP contribution in [0.1, 0.15) is 93.7 Å². The number of aryl methyl sites for hydroxylation is 1. The lowest BCUT2D eigenvalue weighted by atomic mass is 9.82. The van der Waals surface area contributed by atoms with Gasteiger partial charge < -0.3 is 4.74 Å². The molecule has 1 aliphatic heterocycles. The third-order valence-electron chi connectivity index (χ3n) is 6.83. The average Bonchev–Trinajstić information content (AvgIpc) is 3.24. The van der Waals surface area contributed by atoms with E-state index in [2.05, 4.69) is 31.2 Å². The molecule has 1 spiro atoms. The van der Waals surface area contributed by atoms with Crippen LogP contribution >= 0.6 is 0 Å². The first-order chi connectivity index (χ1) is 12.7. The van der Waals surface area contributed by atoms with Gasteiger partial charge in [-0.2, -0.15) is 0 Å². The second-order valence-corrected chi connectivity index (χ2v) is 8.85. The van der Waals surface area contributed by atoms with Crippen molar-refractivity contribution in [3.8, 4) is 0 Å². The largest absolute Gasteiger partial charge is 0.465 e. The Kier molecular flexibility index (Phi) is 5.20. The van der Waals surface area contributed by atoms with E-state index in [1.807, 2.05) is 0 Å². The van der Waals surface area contributed by atoms with Gasteiger partial charge in [0.1, 0.15) is 0 Å². The van der Waals surface area contributed by atoms with Crippen LogP contribution in [0.5, 0.6) is 0 Å². The Hall–Kier alpha value is -1.57. The molecule has 2 atom stereocenters. The first-order valence-corrected chi connectivity index (χ1v) is 10.7. The van der Waals surface area contributed by atoms with Crippen molar-refractivity contribution < 1.29 is 9.53 Å². The Labute approximate surface area is 158 Å². The highest BCUT2D eigenvalue weighted by atomic mass is 16.5. The molecule has 2 aliphatic carbocycles. The topological polar surface area (TPSA) is 26.3 Å². The van der Waals surface area contributed by atoms with E-state index in [-0.39, 0.29) is 11.4 Å². The fourth-order valence-electron chi connectivity index (χ4n) is 5.23. The van der Waals surface area contributed by atoms with Gasteiger partial charge in [0.15, 0.2) is 0 Å². The second-order valence-electron chi connectivity index (χ2n) is 8.85. The standard InChI is InChI=1S/C24H32O2/c1-2-3-4-5-6-18-7-8-20-14-21(10-9-19(20)13-18)22-11-12-24(15-22)16-23(25)26-17-24/h9-10,13-14,22H,2-8,11-12,15-17H2,1H3/t22-,24-/m0/s1. The van der Waals surface area contributed by atoms with Crippen LogP contribution in [0.4, 0.5) is 0 Å². The minimum absolute atomic E-state index is 0.00712. The molecular weight excluding hydrogens is 320 g/mol. The number of unbranched alkanes of at least 4 members (excludes halogenated alkanes) is 3. The van der Waals surface area contributed by atoms with E-state index in [1.54, 1.807) is 5.57 Å². The van der Waals surface area contributed by atoms with Gasteiger partial charge in [0.05, 0.1) is 13.0 Å². The molecule has 1 heterocycles. The highest BCUT2D eigenvalue weighted by Crippen LogP contribution is 2.51. The number of ether oxygens (including phenoxy) is 1. The van der Waals surface area contributed by atoms with Gasteiger partial charge in [0.2, 0.25) is 0 Å². The summed E-state index contributed by atoms with van der Waals surface area (Å²) in [6.07, 6.45) is 15.7. The van der Waals surface area contributed by atoms with Crippen LogP contribution in [-0.2, 0) is 16.0 Å². The quantitative estimate of drug-likeness (QED) is 0.451. The molecule has 0 unspecified atom stereocenters. The van der Waals surface area contributed by atoms with Crippen LogP contribution < -0.4 is 0 Å². The first-order valence-electron chi connectivity index (χ1n) is 10.7. The summed E-state index contributed by atoms with van der Waals surface area (Å²) in [7, 11) is 0. The third kappa shape index (κ3) is 3.75. The molecule has 0 radical (unpaired) electrons. The van der Waals surface area contributed by atoms with E-state index in [1.165, 1.54) is 68.1 Å². The maximum Gasteiger partial charge on any atom is 0.306 e. The summed E-state index contributed by atoms with van der Waals surface area (Å²) in [6.45, 7) is 2.93. The van der Waals surface area contributed by atoms with Crippen molar-refractivity contribution in [3.05, 3.63) is 40.5 Å². The molecule has 0 bridgehead atoms. The molecule has 3 aliphatic rings. The summed E-state index contributed by atoms with van der Waals surface area (Å²) in [5, 5.41) is 0. The number of carbonyl (C=O) groups excluding carboxylic acids is 1. The molecule has 26 heavy (non-hydrogen) atoms. The Morgan fingerprint density at radius 3 is 2.92 bits per heavy atom. The third-order valence-corrected chi connectivity index (χ3v) is 6.83. The molecule has 4 rings (SSSR count). The van der Waals surface area contributed by atoms with E-state index >= 15 is 0 Å². The fourth-order valence-corrected chi connectivity index (χ4v) is 5.23. The molecule has 2 fully saturated rings. The van der Waals surface area contributed by atoms with Crippen LogP contribution in [-0.4, -0.2) is 12.6 Å². The Morgan fingerprint density at radius 2 is 2.12 bits per heavy atom. The zero-order chi connectivity index (χ0) is 18.0. The number of hydrogen-bond donors (Lipinski definition) is 0. The molecular formula is C24H32O2.